The zero-order chi connectivity index (χ0) is 15.7. The second-order valence-corrected chi connectivity index (χ2v) is 12.6. The van der Waals surface area contributed by atoms with Gasteiger partial charge in [0.05, 0.1) is 6.10 Å². The molecule has 0 radical (unpaired) electrons. The Morgan fingerprint density at radius 1 is 1.05 bits per heavy atom. The topological polar surface area (TPSA) is 29.5 Å². The standard InChI is InChI=1S/C18H30O2Si/c1-18(2,3)21(4,5)20-15-12-10-14(11-13-15)16-8-6-7-9-17(16)19/h10-13,16-17,19H,6-9H2,1-5H3/t16-,17+/m1/s1. The van der Waals surface area contributed by atoms with E-state index >= 15 is 0 Å². The number of aliphatic hydroxyl groups is 1. The minimum absolute atomic E-state index is 0.175. The van der Waals surface area contributed by atoms with Gasteiger partial charge < -0.3 is 9.53 Å². The summed E-state index contributed by atoms with van der Waals surface area (Å²) in [6.45, 7) is 11.3. The lowest BCUT2D eigenvalue weighted by Crippen LogP contribution is -2.43. The van der Waals surface area contributed by atoms with Crippen molar-refractivity contribution in [1.82, 2.24) is 0 Å². The number of hydrogen-bond donors (Lipinski definition) is 1. The first kappa shape index (κ1) is 16.6. The molecule has 1 N–H and O–H groups in total. The van der Waals surface area contributed by atoms with Crippen molar-refractivity contribution in [2.75, 3.05) is 0 Å². The Kier molecular flexibility index (Phi) is 4.84. The van der Waals surface area contributed by atoms with E-state index in [9.17, 15) is 5.11 Å². The summed E-state index contributed by atoms with van der Waals surface area (Å²) in [5.74, 6) is 1.27. The molecule has 1 aromatic rings. The van der Waals surface area contributed by atoms with Crippen LogP contribution in [-0.4, -0.2) is 19.5 Å². The minimum Gasteiger partial charge on any atom is -0.544 e. The molecule has 2 atom stereocenters. The molecule has 1 fully saturated rings. The van der Waals surface area contributed by atoms with E-state index in [-0.39, 0.29) is 11.1 Å². The summed E-state index contributed by atoms with van der Waals surface area (Å²) < 4.78 is 6.31. The Balaban J connectivity index is 2.09. The summed E-state index contributed by atoms with van der Waals surface area (Å²) in [4.78, 5) is 0. The molecule has 1 aliphatic carbocycles. The molecular formula is C18H30O2Si. The molecule has 0 spiro atoms. The fraction of sp³-hybridized carbons (Fsp3) is 0.667. The Morgan fingerprint density at radius 2 is 1.62 bits per heavy atom. The lowest BCUT2D eigenvalue weighted by molar-refractivity contribution is 0.106. The lowest BCUT2D eigenvalue weighted by atomic mass is 9.82. The molecule has 118 valence electrons. The molecule has 0 aromatic heterocycles. The second kappa shape index (κ2) is 6.13. The largest absolute Gasteiger partial charge is 0.544 e. The number of hydrogen-bond acceptors (Lipinski definition) is 2. The number of aliphatic hydroxyl groups excluding tert-OH is 1. The van der Waals surface area contributed by atoms with E-state index < -0.39 is 8.32 Å². The van der Waals surface area contributed by atoms with Gasteiger partial charge in [-0.05, 0) is 48.7 Å². The molecule has 0 saturated heterocycles. The predicted octanol–water partition coefficient (Wildman–Crippen LogP) is 5.09. The molecule has 21 heavy (non-hydrogen) atoms. The van der Waals surface area contributed by atoms with Crippen LogP contribution < -0.4 is 4.43 Å². The maximum Gasteiger partial charge on any atom is 0.250 e. The highest BCUT2D eigenvalue weighted by Crippen LogP contribution is 2.38. The average molecular weight is 307 g/mol. The highest BCUT2D eigenvalue weighted by atomic mass is 28.4. The Morgan fingerprint density at radius 3 is 2.14 bits per heavy atom. The van der Waals surface area contributed by atoms with E-state index in [2.05, 4.69) is 58.1 Å². The third-order valence-electron chi connectivity index (χ3n) is 5.22. The van der Waals surface area contributed by atoms with Crippen LogP contribution in [0, 0.1) is 0 Å². The van der Waals surface area contributed by atoms with Crippen LogP contribution in [0.3, 0.4) is 0 Å². The predicted molar refractivity (Wildman–Crippen MR) is 91.5 cm³/mol. The van der Waals surface area contributed by atoms with Crippen LogP contribution in [0.5, 0.6) is 5.75 Å². The molecule has 0 aliphatic heterocycles. The smallest absolute Gasteiger partial charge is 0.250 e. The molecule has 1 aromatic carbocycles. The van der Waals surface area contributed by atoms with Gasteiger partial charge in [-0.2, -0.15) is 0 Å². The van der Waals surface area contributed by atoms with Crippen LogP contribution in [0.4, 0.5) is 0 Å². The van der Waals surface area contributed by atoms with Crippen molar-refractivity contribution < 1.29 is 9.53 Å². The molecular weight excluding hydrogens is 276 g/mol. The van der Waals surface area contributed by atoms with Gasteiger partial charge in [-0.15, -0.1) is 0 Å². The first-order valence-corrected chi connectivity index (χ1v) is 11.1. The first-order valence-electron chi connectivity index (χ1n) is 8.18. The lowest BCUT2D eigenvalue weighted by Gasteiger charge is -2.36. The first-order chi connectivity index (χ1) is 9.71. The van der Waals surface area contributed by atoms with E-state index in [0.717, 1.165) is 25.0 Å². The van der Waals surface area contributed by atoms with Crippen LogP contribution in [0.15, 0.2) is 24.3 Å². The SMILES string of the molecule is CC(C)(C)[Si](C)(C)Oc1ccc([C@H]2CCCC[C@@H]2O)cc1. The molecule has 0 unspecified atom stereocenters. The van der Waals surface area contributed by atoms with E-state index in [1.54, 1.807) is 0 Å². The van der Waals surface area contributed by atoms with Crippen LogP contribution in [-0.2, 0) is 0 Å². The Hall–Kier alpha value is -0.803. The van der Waals surface area contributed by atoms with Gasteiger partial charge in [-0.3, -0.25) is 0 Å². The van der Waals surface area contributed by atoms with E-state index in [4.69, 9.17) is 4.43 Å². The van der Waals surface area contributed by atoms with Crippen LogP contribution in [0.25, 0.3) is 0 Å². The second-order valence-electron chi connectivity index (χ2n) is 7.89. The third kappa shape index (κ3) is 3.89. The molecule has 0 bridgehead atoms. The van der Waals surface area contributed by atoms with E-state index in [1.807, 2.05) is 0 Å². The molecule has 0 amide bonds. The summed E-state index contributed by atoms with van der Waals surface area (Å²) in [5, 5.41) is 10.4. The zero-order valence-corrected chi connectivity index (χ0v) is 15.1. The van der Waals surface area contributed by atoms with Gasteiger partial charge in [0.1, 0.15) is 5.75 Å². The summed E-state index contributed by atoms with van der Waals surface area (Å²) >= 11 is 0. The monoisotopic (exact) mass is 306 g/mol. The van der Waals surface area contributed by atoms with Crippen molar-refractivity contribution >= 4 is 8.32 Å². The third-order valence-corrected chi connectivity index (χ3v) is 9.58. The molecule has 1 aliphatic rings. The van der Waals surface area contributed by atoms with Crippen molar-refractivity contribution in [1.29, 1.82) is 0 Å². The van der Waals surface area contributed by atoms with Crippen LogP contribution in [0.2, 0.25) is 18.1 Å². The van der Waals surface area contributed by atoms with Gasteiger partial charge in [0, 0.05) is 5.92 Å². The maximum atomic E-state index is 10.2. The molecule has 3 heteroatoms. The van der Waals surface area contributed by atoms with Crippen molar-refractivity contribution in [2.24, 2.45) is 0 Å². The van der Waals surface area contributed by atoms with Crippen molar-refractivity contribution in [3.63, 3.8) is 0 Å². The molecule has 2 rings (SSSR count). The van der Waals surface area contributed by atoms with Crippen molar-refractivity contribution in [3.05, 3.63) is 29.8 Å². The molecule has 1 saturated carbocycles. The van der Waals surface area contributed by atoms with Crippen molar-refractivity contribution in [3.8, 4) is 5.75 Å². The van der Waals surface area contributed by atoms with Gasteiger partial charge >= 0.3 is 0 Å². The minimum atomic E-state index is -1.77. The van der Waals surface area contributed by atoms with E-state index in [1.165, 1.54) is 12.0 Å². The summed E-state index contributed by atoms with van der Waals surface area (Å²) in [5.41, 5.74) is 1.25. The number of rotatable bonds is 3. The fourth-order valence-corrected chi connectivity index (χ4v) is 3.76. The summed E-state index contributed by atoms with van der Waals surface area (Å²) in [6.07, 6.45) is 4.25. The quantitative estimate of drug-likeness (QED) is 0.788. The highest BCUT2D eigenvalue weighted by Gasteiger charge is 2.39. The Bertz CT molecular complexity index is 459. The van der Waals surface area contributed by atoms with Gasteiger partial charge in [-0.25, -0.2) is 0 Å². The molecule has 0 heterocycles. The maximum absolute atomic E-state index is 10.2. The summed E-state index contributed by atoms with van der Waals surface area (Å²) in [7, 11) is -1.77. The molecule has 2 nitrogen and oxygen atoms in total. The Labute approximate surface area is 130 Å². The highest BCUT2D eigenvalue weighted by molar-refractivity contribution is 6.74. The van der Waals surface area contributed by atoms with E-state index in [0.29, 0.717) is 5.92 Å². The average Bonchev–Trinajstić information content (AvgIpc) is 2.39. The van der Waals surface area contributed by atoms with Crippen LogP contribution in [0.1, 0.15) is 57.9 Å². The summed E-state index contributed by atoms with van der Waals surface area (Å²) in [6, 6.07) is 8.44. The fourth-order valence-electron chi connectivity index (χ4n) is 2.73. The van der Waals surface area contributed by atoms with Gasteiger partial charge in [0.2, 0.25) is 8.32 Å². The normalized spacial score (nSPS) is 23.9. The van der Waals surface area contributed by atoms with Crippen molar-refractivity contribution in [2.45, 2.75) is 76.6 Å². The van der Waals surface area contributed by atoms with Gasteiger partial charge in [-0.1, -0.05) is 45.7 Å². The number of benzene rings is 1. The van der Waals surface area contributed by atoms with Crippen LogP contribution >= 0.6 is 0 Å². The zero-order valence-electron chi connectivity index (χ0n) is 14.1. The van der Waals surface area contributed by atoms with Gasteiger partial charge in [0.15, 0.2) is 0 Å². The van der Waals surface area contributed by atoms with Gasteiger partial charge in [0.25, 0.3) is 0 Å².